The van der Waals surface area contributed by atoms with Crippen molar-refractivity contribution in [1.82, 2.24) is 0 Å². The van der Waals surface area contributed by atoms with Crippen LogP contribution >= 0.6 is 0 Å². The minimum absolute atomic E-state index is 0.284. The highest BCUT2D eigenvalue weighted by Gasteiger charge is 2.39. The van der Waals surface area contributed by atoms with Crippen molar-refractivity contribution in [3.8, 4) is 5.75 Å². The molecule has 5 heteroatoms. The fourth-order valence-electron chi connectivity index (χ4n) is 2.86. The van der Waals surface area contributed by atoms with E-state index in [4.69, 9.17) is 4.84 Å². The Labute approximate surface area is 137 Å². The summed E-state index contributed by atoms with van der Waals surface area (Å²) in [5, 5.41) is 0. The quantitative estimate of drug-likeness (QED) is 0.464. The molecule has 1 rings (SSSR count). The van der Waals surface area contributed by atoms with E-state index in [-0.39, 0.29) is 12.1 Å². The molecule has 0 aliphatic heterocycles. The van der Waals surface area contributed by atoms with E-state index in [0.717, 1.165) is 12.1 Å². The van der Waals surface area contributed by atoms with E-state index in [2.05, 4.69) is 41.5 Å². The van der Waals surface area contributed by atoms with Crippen molar-refractivity contribution >= 4 is 11.1 Å². The summed E-state index contributed by atoms with van der Waals surface area (Å²) in [6, 6.07) is 5.97. The standard InChI is InChI=1S/C17H29NO3S/c1-12(2)11-18(13(3)4,14(5)6)21-16-9-8-15(7)17(10-16)22(19)20/h8-10,12-14H,11H2,1-7H3/p+1. The summed E-state index contributed by atoms with van der Waals surface area (Å²) < 4.78 is 21.3. The number of quaternary nitrogens is 1. The van der Waals surface area contributed by atoms with E-state index in [1.54, 1.807) is 6.07 Å². The van der Waals surface area contributed by atoms with Crippen molar-refractivity contribution in [3.05, 3.63) is 23.8 Å². The Morgan fingerprint density at radius 1 is 1.14 bits per heavy atom. The Bertz CT molecular complexity index is 519. The molecule has 0 radical (unpaired) electrons. The van der Waals surface area contributed by atoms with Crippen LogP contribution in [0.5, 0.6) is 5.75 Å². The summed E-state index contributed by atoms with van der Waals surface area (Å²) >= 11 is -2.00. The van der Waals surface area contributed by atoms with Crippen LogP contribution in [0.1, 0.15) is 47.1 Å². The second-order valence-electron chi connectivity index (χ2n) is 6.89. The van der Waals surface area contributed by atoms with Crippen LogP contribution in [0.2, 0.25) is 0 Å². The van der Waals surface area contributed by atoms with Gasteiger partial charge in [0.15, 0.2) is 16.8 Å². The highest BCUT2D eigenvalue weighted by molar-refractivity contribution is 7.79. The van der Waals surface area contributed by atoms with Crippen LogP contribution in [0.15, 0.2) is 23.1 Å². The molecule has 126 valence electrons. The van der Waals surface area contributed by atoms with Crippen LogP contribution in [0.25, 0.3) is 0 Å². The number of hydroxylamine groups is 3. The SMILES string of the molecule is Cc1ccc(O[N+](CC(C)C)(C(C)C)C(C)C)cc1S(=O)O. The predicted molar refractivity (Wildman–Crippen MR) is 91.1 cm³/mol. The first kappa shape index (κ1) is 19.1. The number of nitrogens with zero attached hydrogens (tertiary/aromatic N) is 1. The fraction of sp³-hybridized carbons (Fsp3) is 0.647. The number of benzene rings is 1. The summed E-state index contributed by atoms with van der Waals surface area (Å²) in [6.45, 7) is 15.7. The lowest BCUT2D eigenvalue weighted by atomic mass is 10.1. The Balaban J connectivity index is 3.24. The molecule has 1 atom stereocenters. The van der Waals surface area contributed by atoms with Crippen LogP contribution in [-0.4, -0.2) is 32.0 Å². The Morgan fingerprint density at radius 3 is 2.09 bits per heavy atom. The number of aryl methyl sites for hydroxylation is 1. The van der Waals surface area contributed by atoms with Gasteiger partial charge in [-0.2, -0.15) is 0 Å². The zero-order valence-corrected chi connectivity index (χ0v) is 15.6. The van der Waals surface area contributed by atoms with Gasteiger partial charge in [0.1, 0.15) is 18.6 Å². The minimum Gasteiger partial charge on any atom is -0.315 e. The summed E-state index contributed by atoms with van der Waals surface area (Å²) in [5.41, 5.74) is 0.796. The molecule has 0 fully saturated rings. The molecule has 1 aromatic carbocycles. The van der Waals surface area contributed by atoms with Gasteiger partial charge in [0, 0.05) is 12.0 Å². The van der Waals surface area contributed by atoms with E-state index >= 15 is 0 Å². The normalized spacial score (nSPS) is 14.0. The third kappa shape index (κ3) is 4.31. The van der Waals surface area contributed by atoms with Gasteiger partial charge in [0.25, 0.3) is 0 Å². The molecule has 0 saturated carbocycles. The van der Waals surface area contributed by atoms with Crippen LogP contribution in [0.4, 0.5) is 0 Å². The van der Waals surface area contributed by atoms with E-state index in [9.17, 15) is 8.76 Å². The third-order valence-electron chi connectivity index (χ3n) is 4.02. The Kier molecular flexibility index (Phi) is 6.59. The van der Waals surface area contributed by atoms with Gasteiger partial charge in [0.2, 0.25) is 0 Å². The first-order valence-electron chi connectivity index (χ1n) is 7.88. The summed E-state index contributed by atoms with van der Waals surface area (Å²) in [6.07, 6.45) is 0. The van der Waals surface area contributed by atoms with E-state index in [1.165, 1.54) is 0 Å². The molecule has 0 aliphatic carbocycles. The van der Waals surface area contributed by atoms with Crippen molar-refractivity contribution in [2.75, 3.05) is 6.54 Å². The second kappa shape index (κ2) is 7.57. The topological polar surface area (TPSA) is 46.5 Å². The average Bonchev–Trinajstić information content (AvgIpc) is 2.38. The maximum atomic E-state index is 11.4. The van der Waals surface area contributed by atoms with E-state index in [0.29, 0.717) is 21.2 Å². The van der Waals surface area contributed by atoms with Crippen LogP contribution in [0.3, 0.4) is 0 Å². The van der Waals surface area contributed by atoms with Gasteiger partial charge in [-0.05, 0) is 46.2 Å². The number of hydrogen-bond acceptors (Lipinski definition) is 2. The lowest BCUT2D eigenvalue weighted by Gasteiger charge is -2.43. The monoisotopic (exact) mass is 328 g/mol. The molecule has 0 amide bonds. The fourth-order valence-corrected chi connectivity index (χ4v) is 3.42. The van der Waals surface area contributed by atoms with Crippen molar-refractivity contribution in [2.24, 2.45) is 5.92 Å². The minimum atomic E-state index is -2.00. The molecule has 4 nitrogen and oxygen atoms in total. The van der Waals surface area contributed by atoms with Crippen molar-refractivity contribution in [3.63, 3.8) is 0 Å². The number of rotatable bonds is 7. The highest BCUT2D eigenvalue weighted by Crippen LogP contribution is 2.28. The van der Waals surface area contributed by atoms with Gasteiger partial charge >= 0.3 is 0 Å². The molecule has 0 spiro atoms. The van der Waals surface area contributed by atoms with E-state index in [1.807, 2.05) is 19.1 Å². The maximum Gasteiger partial charge on any atom is 0.191 e. The summed E-state index contributed by atoms with van der Waals surface area (Å²) in [7, 11) is 0. The maximum absolute atomic E-state index is 11.4. The molecular weight excluding hydrogens is 298 g/mol. The smallest absolute Gasteiger partial charge is 0.191 e. The largest absolute Gasteiger partial charge is 0.315 e. The Morgan fingerprint density at radius 2 is 1.68 bits per heavy atom. The molecule has 0 aliphatic rings. The predicted octanol–water partition coefficient (Wildman–Crippen LogP) is 4.16. The molecular formula is C17H30NO3S+. The number of hydrogen-bond donors (Lipinski definition) is 1. The lowest BCUT2D eigenvalue weighted by molar-refractivity contribution is -1.11. The molecule has 1 unspecified atom stereocenters. The first-order chi connectivity index (χ1) is 10.1. The van der Waals surface area contributed by atoms with Gasteiger partial charge in [-0.3, -0.25) is 0 Å². The van der Waals surface area contributed by atoms with Crippen LogP contribution < -0.4 is 4.84 Å². The highest BCUT2D eigenvalue weighted by atomic mass is 32.2. The molecule has 1 N–H and O–H groups in total. The zero-order chi connectivity index (χ0) is 17.1. The molecule has 0 heterocycles. The molecule has 0 aromatic heterocycles. The Hall–Kier alpha value is -0.910. The molecule has 0 saturated heterocycles. The third-order valence-corrected chi connectivity index (χ3v) is 4.84. The van der Waals surface area contributed by atoms with Crippen molar-refractivity contribution in [1.29, 1.82) is 0 Å². The van der Waals surface area contributed by atoms with Crippen LogP contribution in [0, 0.1) is 12.8 Å². The van der Waals surface area contributed by atoms with Gasteiger partial charge in [-0.15, -0.1) is 4.65 Å². The molecule has 22 heavy (non-hydrogen) atoms. The van der Waals surface area contributed by atoms with Gasteiger partial charge in [0.05, 0.1) is 4.90 Å². The first-order valence-corrected chi connectivity index (χ1v) is 8.99. The molecule has 1 aromatic rings. The zero-order valence-electron chi connectivity index (χ0n) is 14.8. The van der Waals surface area contributed by atoms with Gasteiger partial charge < -0.3 is 9.39 Å². The lowest BCUT2D eigenvalue weighted by Crippen LogP contribution is -2.61. The van der Waals surface area contributed by atoms with Crippen molar-refractivity contribution < 1.29 is 18.2 Å². The summed E-state index contributed by atoms with van der Waals surface area (Å²) in [4.78, 5) is 6.78. The van der Waals surface area contributed by atoms with Crippen molar-refractivity contribution in [2.45, 2.75) is 65.4 Å². The van der Waals surface area contributed by atoms with Crippen LogP contribution in [-0.2, 0) is 11.1 Å². The second-order valence-corrected chi connectivity index (χ2v) is 7.82. The van der Waals surface area contributed by atoms with Gasteiger partial charge in [-0.25, -0.2) is 4.21 Å². The average molecular weight is 328 g/mol. The molecule has 0 bridgehead atoms. The van der Waals surface area contributed by atoms with Gasteiger partial charge in [-0.1, -0.05) is 19.9 Å². The van der Waals surface area contributed by atoms with E-state index < -0.39 is 11.1 Å². The summed E-state index contributed by atoms with van der Waals surface area (Å²) in [5.74, 6) is 1.13.